The van der Waals surface area contributed by atoms with Crippen LogP contribution in [0, 0.1) is 5.92 Å². The number of rotatable bonds is 3. The zero-order valence-corrected chi connectivity index (χ0v) is 26.8. The van der Waals surface area contributed by atoms with Crippen LogP contribution in [0.1, 0.15) is 28.7 Å². The number of hydrogen-bond acceptors (Lipinski definition) is 2. The van der Waals surface area contributed by atoms with Crippen molar-refractivity contribution in [2.24, 2.45) is 5.92 Å². The number of fused-ring (bicyclic) bond motifs is 15. The second-order valence-corrected chi connectivity index (χ2v) is 13.6. The van der Waals surface area contributed by atoms with E-state index >= 15 is 0 Å². The van der Waals surface area contributed by atoms with E-state index in [2.05, 4.69) is 175 Å². The van der Waals surface area contributed by atoms with Gasteiger partial charge in [-0.15, -0.1) is 0 Å². The smallest absolute Gasteiger partial charge is 0.143 e. The van der Waals surface area contributed by atoms with E-state index in [1.165, 1.54) is 66.2 Å². The van der Waals surface area contributed by atoms with Gasteiger partial charge in [-0.2, -0.15) is 0 Å². The lowest BCUT2D eigenvalue weighted by Crippen LogP contribution is -2.32. The second kappa shape index (κ2) is 9.95. The van der Waals surface area contributed by atoms with Crippen LogP contribution >= 0.6 is 0 Å². The second-order valence-electron chi connectivity index (χ2n) is 13.6. The van der Waals surface area contributed by atoms with E-state index in [9.17, 15) is 0 Å². The highest BCUT2D eigenvalue weighted by molar-refractivity contribution is 6.11. The van der Waals surface area contributed by atoms with Crippen molar-refractivity contribution in [1.82, 2.24) is 0 Å². The zero-order chi connectivity index (χ0) is 32.1. The van der Waals surface area contributed by atoms with Gasteiger partial charge in [-0.25, -0.2) is 0 Å². The first-order chi connectivity index (χ1) is 24.3. The van der Waals surface area contributed by atoms with Crippen molar-refractivity contribution < 1.29 is 4.42 Å². The molecule has 0 bridgehead atoms. The maximum absolute atomic E-state index is 6.77. The Labute approximate surface area is 284 Å². The molecule has 0 radical (unpaired) electrons. The lowest BCUT2D eigenvalue weighted by molar-refractivity contribution is 0.495. The number of nitrogens with zero attached hydrogens (tertiary/aromatic N) is 1. The molecule has 1 heterocycles. The van der Waals surface area contributed by atoms with Gasteiger partial charge in [-0.05, 0) is 81.6 Å². The molecule has 7 aromatic carbocycles. The molecule has 0 saturated carbocycles. The van der Waals surface area contributed by atoms with Gasteiger partial charge in [0, 0.05) is 39.0 Å². The Kier molecular flexibility index (Phi) is 5.46. The third kappa shape index (κ3) is 3.50. The number of para-hydroxylation sites is 2. The van der Waals surface area contributed by atoms with E-state index in [4.69, 9.17) is 4.42 Å². The third-order valence-corrected chi connectivity index (χ3v) is 11.3. The molecule has 0 fully saturated rings. The van der Waals surface area contributed by atoms with E-state index in [1.54, 1.807) is 0 Å². The van der Waals surface area contributed by atoms with Crippen molar-refractivity contribution in [3.05, 3.63) is 192 Å². The molecule has 230 valence electrons. The monoisotopic (exact) mass is 625 g/mol. The number of benzene rings is 7. The Bertz CT molecular complexity index is 2710. The molecule has 1 spiro atoms. The van der Waals surface area contributed by atoms with Gasteiger partial charge >= 0.3 is 0 Å². The molecule has 49 heavy (non-hydrogen) atoms. The van der Waals surface area contributed by atoms with E-state index in [1.807, 2.05) is 0 Å². The predicted octanol–water partition coefficient (Wildman–Crippen LogP) is 12.5. The van der Waals surface area contributed by atoms with Gasteiger partial charge < -0.3 is 9.32 Å². The molecule has 3 aliphatic rings. The molecule has 1 aromatic heterocycles. The summed E-state index contributed by atoms with van der Waals surface area (Å²) in [4.78, 5) is 2.44. The average Bonchev–Trinajstić information content (AvgIpc) is 3.79. The highest BCUT2D eigenvalue weighted by Crippen LogP contribution is 2.67. The molecule has 11 rings (SSSR count). The number of furan rings is 1. The SMILES string of the molecule is C1=CCC2C(=C1)c1c(ccc3c1oc1ccccc13)C21c2ccccc2-c2ccc(N(c3ccccc3)c3cccc4ccccc34)cc21. The summed E-state index contributed by atoms with van der Waals surface area (Å²) in [6.45, 7) is 0. The predicted molar refractivity (Wildman–Crippen MR) is 203 cm³/mol. The number of allylic oxidation sites excluding steroid dienone is 4. The highest BCUT2D eigenvalue weighted by atomic mass is 16.3. The van der Waals surface area contributed by atoms with Crippen LogP contribution in [0.2, 0.25) is 0 Å². The minimum Gasteiger partial charge on any atom is -0.455 e. The Hall–Kier alpha value is -6.12. The van der Waals surface area contributed by atoms with E-state index in [0.29, 0.717) is 0 Å². The van der Waals surface area contributed by atoms with Gasteiger partial charge in [0.15, 0.2) is 0 Å². The Balaban J connectivity index is 1.23. The molecule has 8 aromatic rings. The normalized spacial score (nSPS) is 18.4. The molecule has 0 aliphatic heterocycles. The summed E-state index contributed by atoms with van der Waals surface area (Å²) >= 11 is 0. The molecular weight excluding hydrogens is 595 g/mol. The fraction of sp³-hybridized carbons (Fsp3) is 0.0638. The van der Waals surface area contributed by atoms with Crippen LogP contribution in [0.3, 0.4) is 0 Å². The Morgan fingerprint density at radius 1 is 0.571 bits per heavy atom. The van der Waals surface area contributed by atoms with Gasteiger partial charge in [0.2, 0.25) is 0 Å². The van der Waals surface area contributed by atoms with Crippen molar-refractivity contribution in [2.75, 3.05) is 4.90 Å². The maximum Gasteiger partial charge on any atom is 0.143 e. The maximum atomic E-state index is 6.77. The molecule has 2 nitrogen and oxygen atoms in total. The lowest BCUT2D eigenvalue weighted by Gasteiger charge is -2.36. The van der Waals surface area contributed by atoms with E-state index < -0.39 is 0 Å². The summed E-state index contributed by atoms with van der Waals surface area (Å²) in [6, 6.07) is 55.6. The van der Waals surface area contributed by atoms with E-state index in [-0.39, 0.29) is 11.3 Å². The first kappa shape index (κ1) is 26.9. The van der Waals surface area contributed by atoms with Crippen molar-refractivity contribution in [2.45, 2.75) is 11.8 Å². The van der Waals surface area contributed by atoms with Gasteiger partial charge in [-0.1, -0.05) is 133 Å². The van der Waals surface area contributed by atoms with Crippen LogP contribution in [-0.2, 0) is 5.41 Å². The Morgan fingerprint density at radius 2 is 1.35 bits per heavy atom. The molecule has 0 saturated heterocycles. The third-order valence-electron chi connectivity index (χ3n) is 11.3. The van der Waals surface area contributed by atoms with Crippen LogP contribution in [0.4, 0.5) is 17.1 Å². The largest absolute Gasteiger partial charge is 0.455 e. The topological polar surface area (TPSA) is 16.4 Å². The summed E-state index contributed by atoms with van der Waals surface area (Å²) in [5.74, 6) is 0.242. The summed E-state index contributed by atoms with van der Waals surface area (Å²) in [6.07, 6.45) is 7.91. The van der Waals surface area contributed by atoms with Gasteiger partial charge in [0.05, 0.1) is 11.1 Å². The fourth-order valence-corrected chi connectivity index (χ4v) is 9.40. The van der Waals surface area contributed by atoms with E-state index in [0.717, 1.165) is 29.0 Å². The lowest BCUT2D eigenvalue weighted by atomic mass is 9.65. The molecule has 3 aliphatic carbocycles. The first-order valence-electron chi connectivity index (χ1n) is 17.2. The van der Waals surface area contributed by atoms with Crippen LogP contribution < -0.4 is 4.90 Å². The summed E-state index contributed by atoms with van der Waals surface area (Å²) in [5.41, 5.74) is 14.4. The Morgan fingerprint density at radius 3 is 2.29 bits per heavy atom. The standard InChI is InChI=1S/C47H31NO/c1-2-15-31(16-3-1)48(43-23-12-14-30-13-4-5-17-33(30)43)32-25-26-35-34-18-6-9-21-39(34)47(42(35)29-32)40-22-10-7-20-38(40)45-41(47)28-27-37-36-19-8-11-24-44(36)49-46(37)45/h1-21,23-29,40H,22H2. The quantitative estimate of drug-likeness (QED) is 0.194. The van der Waals surface area contributed by atoms with Crippen LogP contribution in [-0.4, -0.2) is 0 Å². The molecular formula is C47H31NO. The molecule has 0 N–H and O–H groups in total. The summed E-state index contributed by atoms with van der Waals surface area (Å²) in [5, 5.41) is 4.82. The highest BCUT2D eigenvalue weighted by Gasteiger charge is 2.57. The fourth-order valence-electron chi connectivity index (χ4n) is 9.40. The minimum atomic E-state index is -0.359. The van der Waals surface area contributed by atoms with Crippen molar-refractivity contribution in [3.8, 4) is 11.1 Å². The summed E-state index contributed by atoms with van der Waals surface area (Å²) in [7, 11) is 0. The van der Waals surface area contributed by atoms with Crippen LogP contribution in [0.15, 0.2) is 174 Å². The van der Waals surface area contributed by atoms with Crippen molar-refractivity contribution >= 4 is 55.3 Å². The van der Waals surface area contributed by atoms with Crippen LogP contribution in [0.5, 0.6) is 0 Å². The molecule has 0 amide bonds. The van der Waals surface area contributed by atoms with Gasteiger partial charge in [-0.3, -0.25) is 0 Å². The first-order valence-corrected chi connectivity index (χ1v) is 17.2. The van der Waals surface area contributed by atoms with Gasteiger partial charge in [0.25, 0.3) is 0 Å². The minimum absolute atomic E-state index is 0.242. The molecule has 2 heteroatoms. The molecule has 2 unspecified atom stereocenters. The number of anilines is 3. The number of hydrogen-bond donors (Lipinski definition) is 0. The molecule has 2 atom stereocenters. The van der Waals surface area contributed by atoms with Gasteiger partial charge in [0.1, 0.15) is 11.2 Å². The van der Waals surface area contributed by atoms with Crippen LogP contribution in [0.25, 0.3) is 49.4 Å². The summed E-state index contributed by atoms with van der Waals surface area (Å²) < 4.78 is 6.77. The van der Waals surface area contributed by atoms with Crippen molar-refractivity contribution in [1.29, 1.82) is 0 Å². The zero-order valence-electron chi connectivity index (χ0n) is 26.8. The van der Waals surface area contributed by atoms with Crippen molar-refractivity contribution in [3.63, 3.8) is 0 Å². The average molecular weight is 626 g/mol.